The van der Waals surface area contributed by atoms with Gasteiger partial charge in [-0.15, -0.1) is 0 Å². The molecule has 0 saturated carbocycles. The maximum atomic E-state index is 11.9. The van der Waals surface area contributed by atoms with Crippen LogP contribution in [0.3, 0.4) is 0 Å². The van der Waals surface area contributed by atoms with Crippen LogP contribution in [0.4, 0.5) is 11.4 Å². The zero-order chi connectivity index (χ0) is 11.9. The Morgan fingerprint density at radius 3 is 2.75 bits per heavy atom. The van der Waals surface area contributed by atoms with E-state index in [0.29, 0.717) is 22.9 Å². The Bertz CT molecular complexity index is 516. The van der Waals surface area contributed by atoms with Gasteiger partial charge in [0.05, 0.1) is 17.1 Å². The van der Waals surface area contributed by atoms with Crippen LogP contribution in [-0.2, 0) is 10.0 Å². The van der Waals surface area contributed by atoms with Gasteiger partial charge >= 0.3 is 0 Å². The Morgan fingerprint density at radius 2 is 2.19 bits per heavy atom. The summed E-state index contributed by atoms with van der Waals surface area (Å²) in [4.78, 5) is 0. The summed E-state index contributed by atoms with van der Waals surface area (Å²) in [5.74, 6) is 0.280. The van der Waals surface area contributed by atoms with E-state index in [9.17, 15) is 8.42 Å². The molecular formula is C10H13ClN2O2S. The van der Waals surface area contributed by atoms with Crippen molar-refractivity contribution in [1.82, 2.24) is 0 Å². The standard InChI is InChI=1S/C10H13ClN2O2S/c1-7-5-13(16(14,15)6-7)10-4-8(11)2-3-9(10)12/h2-4,7H,5-6,12H2,1H3. The number of halogens is 1. The quantitative estimate of drug-likeness (QED) is 0.782. The molecule has 1 fully saturated rings. The molecule has 88 valence electrons. The fourth-order valence-electron chi connectivity index (χ4n) is 1.88. The lowest BCUT2D eigenvalue weighted by Crippen LogP contribution is -2.26. The zero-order valence-corrected chi connectivity index (χ0v) is 10.4. The molecule has 1 aromatic rings. The molecule has 0 aliphatic carbocycles. The molecule has 2 rings (SSSR count). The van der Waals surface area contributed by atoms with Crippen molar-refractivity contribution in [2.75, 3.05) is 22.3 Å². The van der Waals surface area contributed by atoms with Gasteiger partial charge in [-0.2, -0.15) is 0 Å². The summed E-state index contributed by atoms with van der Waals surface area (Å²) >= 11 is 5.85. The molecule has 0 amide bonds. The van der Waals surface area contributed by atoms with E-state index >= 15 is 0 Å². The van der Waals surface area contributed by atoms with Crippen molar-refractivity contribution >= 4 is 33.0 Å². The van der Waals surface area contributed by atoms with Crippen LogP contribution < -0.4 is 10.0 Å². The van der Waals surface area contributed by atoms with E-state index in [-0.39, 0.29) is 11.7 Å². The topological polar surface area (TPSA) is 63.4 Å². The number of nitrogen functional groups attached to an aromatic ring is 1. The average molecular weight is 261 g/mol. The highest BCUT2D eigenvalue weighted by molar-refractivity contribution is 7.93. The van der Waals surface area contributed by atoms with Crippen LogP contribution in [0.5, 0.6) is 0 Å². The minimum absolute atomic E-state index is 0.114. The second-order valence-electron chi connectivity index (χ2n) is 4.12. The highest BCUT2D eigenvalue weighted by Crippen LogP contribution is 2.33. The first-order valence-electron chi connectivity index (χ1n) is 4.95. The van der Waals surface area contributed by atoms with Gasteiger partial charge in [0.15, 0.2) is 0 Å². The number of anilines is 2. The molecule has 1 unspecified atom stereocenters. The zero-order valence-electron chi connectivity index (χ0n) is 8.85. The molecule has 1 aliphatic heterocycles. The van der Waals surface area contributed by atoms with E-state index in [0.717, 1.165) is 0 Å². The molecule has 1 saturated heterocycles. The number of nitrogens with zero attached hydrogens (tertiary/aromatic N) is 1. The van der Waals surface area contributed by atoms with Gasteiger partial charge in [-0.25, -0.2) is 8.42 Å². The van der Waals surface area contributed by atoms with Crippen molar-refractivity contribution in [2.24, 2.45) is 5.92 Å². The maximum Gasteiger partial charge on any atom is 0.235 e. The van der Waals surface area contributed by atoms with E-state index in [1.54, 1.807) is 18.2 Å². The minimum atomic E-state index is -3.23. The van der Waals surface area contributed by atoms with Crippen molar-refractivity contribution < 1.29 is 8.42 Å². The molecule has 0 aromatic heterocycles. The Hall–Kier alpha value is -0.940. The molecule has 16 heavy (non-hydrogen) atoms. The number of hydrogen-bond donors (Lipinski definition) is 1. The third kappa shape index (κ3) is 1.97. The van der Waals surface area contributed by atoms with Crippen LogP contribution in [0.1, 0.15) is 6.92 Å². The van der Waals surface area contributed by atoms with Gasteiger partial charge < -0.3 is 5.73 Å². The second kappa shape index (κ2) is 3.82. The molecule has 4 nitrogen and oxygen atoms in total. The third-order valence-corrected chi connectivity index (χ3v) is 4.81. The second-order valence-corrected chi connectivity index (χ2v) is 6.49. The van der Waals surface area contributed by atoms with Crippen LogP contribution >= 0.6 is 11.6 Å². The van der Waals surface area contributed by atoms with Gasteiger partial charge in [-0.05, 0) is 24.1 Å². The third-order valence-electron chi connectivity index (χ3n) is 2.57. The molecule has 0 radical (unpaired) electrons. The van der Waals surface area contributed by atoms with Crippen molar-refractivity contribution in [2.45, 2.75) is 6.92 Å². The number of nitrogens with two attached hydrogens (primary N) is 1. The Labute approximate surface area is 100 Å². The van der Waals surface area contributed by atoms with Gasteiger partial charge in [0.1, 0.15) is 0 Å². The fraction of sp³-hybridized carbons (Fsp3) is 0.400. The predicted molar refractivity (Wildman–Crippen MR) is 66.2 cm³/mol. The Balaban J connectivity index is 2.49. The summed E-state index contributed by atoms with van der Waals surface area (Å²) in [5.41, 5.74) is 6.69. The predicted octanol–water partition coefficient (Wildman–Crippen LogP) is 1.71. The SMILES string of the molecule is CC1CN(c2cc(Cl)ccc2N)S(=O)(=O)C1. The van der Waals surface area contributed by atoms with Gasteiger partial charge in [0, 0.05) is 11.6 Å². The summed E-state index contributed by atoms with van der Waals surface area (Å²) in [6, 6.07) is 4.86. The smallest absolute Gasteiger partial charge is 0.235 e. The maximum absolute atomic E-state index is 11.9. The lowest BCUT2D eigenvalue weighted by molar-refractivity contribution is 0.598. The molecule has 2 N–H and O–H groups in total. The first-order chi connectivity index (χ1) is 7.40. The summed E-state index contributed by atoms with van der Waals surface area (Å²) < 4.78 is 25.1. The number of rotatable bonds is 1. The van der Waals surface area contributed by atoms with Crippen molar-refractivity contribution in [3.8, 4) is 0 Å². The molecule has 0 spiro atoms. The van der Waals surface area contributed by atoms with E-state index in [4.69, 9.17) is 17.3 Å². The molecular weight excluding hydrogens is 248 g/mol. The van der Waals surface area contributed by atoms with Gasteiger partial charge in [0.2, 0.25) is 10.0 Å². The van der Waals surface area contributed by atoms with E-state index < -0.39 is 10.0 Å². The van der Waals surface area contributed by atoms with Crippen LogP contribution in [0, 0.1) is 5.92 Å². The van der Waals surface area contributed by atoms with Gasteiger partial charge in [0.25, 0.3) is 0 Å². The fourth-order valence-corrected chi connectivity index (χ4v) is 3.99. The Kier molecular flexibility index (Phi) is 2.75. The monoisotopic (exact) mass is 260 g/mol. The number of benzene rings is 1. The van der Waals surface area contributed by atoms with E-state index in [2.05, 4.69) is 0 Å². The number of hydrogen-bond acceptors (Lipinski definition) is 3. The molecule has 1 atom stereocenters. The largest absolute Gasteiger partial charge is 0.397 e. The molecule has 0 bridgehead atoms. The highest BCUT2D eigenvalue weighted by atomic mass is 35.5. The molecule has 1 heterocycles. The Morgan fingerprint density at radius 1 is 1.50 bits per heavy atom. The minimum Gasteiger partial charge on any atom is -0.397 e. The van der Waals surface area contributed by atoms with E-state index in [1.807, 2.05) is 6.92 Å². The lowest BCUT2D eigenvalue weighted by atomic mass is 10.2. The summed E-state index contributed by atoms with van der Waals surface area (Å²) in [6.07, 6.45) is 0. The lowest BCUT2D eigenvalue weighted by Gasteiger charge is -2.19. The first-order valence-corrected chi connectivity index (χ1v) is 6.94. The molecule has 1 aliphatic rings. The summed E-state index contributed by atoms with van der Waals surface area (Å²) in [6.45, 7) is 2.37. The molecule has 6 heteroatoms. The number of sulfonamides is 1. The van der Waals surface area contributed by atoms with Crippen LogP contribution in [0.25, 0.3) is 0 Å². The average Bonchev–Trinajstić information content (AvgIpc) is 2.43. The summed E-state index contributed by atoms with van der Waals surface area (Å²) in [7, 11) is -3.23. The van der Waals surface area contributed by atoms with Crippen molar-refractivity contribution in [1.29, 1.82) is 0 Å². The van der Waals surface area contributed by atoms with Crippen molar-refractivity contribution in [3.63, 3.8) is 0 Å². The van der Waals surface area contributed by atoms with E-state index in [1.165, 1.54) is 4.31 Å². The van der Waals surface area contributed by atoms with Gasteiger partial charge in [-0.1, -0.05) is 18.5 Å². The van der Waals surface area contributed by atoms with Crippen LogP contribution in [-0.4, -0.2) is 20.7 Å². The normalized spacial score (nSPS) is 23.6. The highest BCUT2D eigenvalue weighted by Gasteiger charge is 2.34. The van der Waals surface area contributed by atoms with Gasteiger partial charge in [-0.3, -0.25) is 4.31 Å². The summed E-state index contributed by atoms with van der Waals surface area (Å²) in [5, 5.41) is 0.485. The van der Waals surface area contributed by atoms with Crippen LogP contribution in [0.2, 0.25) is 5.02 Å². The van der Waals surface area contributed by atoms with Crippen LogP contribution in [0.15, 0.2) is 18.2 Å². The van der Waals surface area contributed by atoms with Crippen molar-refractivity contribution in [3.05, 3.63) is 23.2 Å². The first kappa shape index (κ1) is 11.5. The molecule has 1 aromatic carbocycles.